The molecular weight excluding hydrogens is 428 g/mol. The summed E-state index contributed by atoms with van der Waals surface area (Å²) in [5, 5.41) is 4.25. The third-order valence-corrected chi connectivity index (χ3v) is 6.55. The summed E-state index contributed by atoms with van der Waals surface area (Å²) in [4.78, 5) is 6.88. The van der Waals surface area contributed by atoms with E-state index in [4.69, 9.17) is 17.0 Å². The highest BCUT2D eigenvalue weighted by molar-refractivity contribution is 7.80. The molecule has 0 aliphatic carbocycles. The van der Waals surface area contributed by atoms with Gasteiger partial charge in [0.15, 0.2) is 5.11 Å². The summed E-state index contributed by atoms with van der Waals surface area (Å²) < 4.78 is 7.75. The van der Waals surface area contributed by atoms with E-state index < -0.39 is 0 Å². The van der Waals surface area contributed by atoms with Crippen molar-refractivity contribution in [2.45, 2.75) is 25.9 Å². The van der Waals surface area contributed by atoms with Crippen molar-refractivity contribution in [2.24, 2.45) is 0 Å². The number of nitrogens with zero attached hydrogens (tertiary/aromatic N) is 3. The summed E-state index contributed by atoms with van der Waals surface area (Å²) in [7, 11) is 1.69. The van der Waals surface area contributed by atoms with Crippen molar-refractivity contribution in [3.8, 4) is 11.4 Å². The van der Waals surface area contributed by atoms with Crippen LogP contribution in [0.2, 0.25) is 0 Å². The number of aryl methyl sites for hydroxylation is 1. The summed E-state index contributed by atoms with van der Waals surface area (Å²) in [6.07, 6.45) is 1.84. The standard InChI is InChI=1S/C27H26N4OS/c1-18-16-23(19(2)30(18)21-12-9-13-22(17-21)32-3)26-25(24-14-7-8-15-28-24)29-27(33)31(26)20-10-5-4-6-11-20/h4-17,25-26H,1-3H3,(H,29,33). The molecule has 4 aromatic rings. The Morgan fingerprint density at radius 1 is 0.909 bits per heavy atom. The SMILES string of the molecule is COc1cccc(-n2c(C)cc(C3C(c4ccccn4)NC(=S)N3c3ccccc3)c2C)c1. The summed E-state index contributed by atoms with van der Waals surface area (Å²) in [5.74, 6) is 0.836. The molecule has 6 heteroatoms. The van der Waals surface area contributed by atoms with E-state index in [-0.39, 0.29) is 12.1 Å². The summed E-state index contributed by atoms with van der Waals surface area (Å²) in [5.41, 5.74) is 6.63. The van der Waals surface area contributed by atoms with Gasteiger partial charge in [-0.2, -0.15) is 0 Å². The summed E-state index contributed by atoms with van der Waals surface area (Å²) in [6, 6.07) is 26.6. The smallest absolute Gasteiger partial charge is 0.174 e. The Kier molecular flexibility index (Phi) is 5.60. The van der Waals surface area contributed by atoms with Gasteiger partial charge in [-0.1, -0.05) is 30.3 Å². The monoisotopic (exact) mass is 454 g/mol. The molecule has 1 aliphatic heterocycles. The molecule has 2 unspecified atom stereocenters. The van der Waals surface area contributed by atoms with Crippen LogP contribution in [0.3, 0.4) is 0 Å². The number of ether oxygens (including phenoxy) is 1. The van der Waals surface area contributed by atoms with Gasteiger partial charge in [-0.15, -0.1) is 0 Å². The molecule has 5 nitrogen and oxygen atoms in total. The topological polar surface area (TPSA) is 42.3 Å². The molecule has 0 bridgehead atoms. The van der Waals surface area contributed by atoms with Gasteiger partial charge < -0.3 is 19.5 Å². The minimum absolute atomic E-state index is 0.0413. The van der Waals surface area contributed by atoms with Gasteiger partial charge in [-0.05, 0) is 74.1 Å². The van der Waals surface area contributed by atoms with E-state index in [1.54, 1.807) is 7.11 Å². The van der Waals surface area contributed by atoms with Crippen LogP contribution in [0.15, 0.2) is 85.1 Å². The quantitative estimate of drug-likeness (QED) is 0.393. The van der Waals surface area contributed by atoms with Crippen molar-refractivity contribution < 1.29 is 4.74 Å². The highest BCUT2D eigenvalue weighted by Gasteiger charge is 2.42. The van der Waals surface area contributed by atoms with Crippen LogP contribution in [-0.2, 0) is 0 Å². The molecule has 3 heterocycles. The maximum absolute atomic E-state index is 5.85. The fourth-order valence-electron chi connectivity index (χ4n) is 4.77. The van der Waals surface area contributed by atoms with Crippen LogP contribution in [0.5, 0.6) is 5.75 Å². The van der Waals surface area contributed by atoms with Crippen molar-refractivity contribution in [3.63, 3.8) is 0 Å². The molecular formula is C27H26N4OS. The number of methoxy groups -OCH3 is 1. The van der Waals surface area contributed by atoms with E-state index in [0.29, 0.717) is 5.11 Å². The van der Waals surface area contributed by atoms with Crippen LogP contribution in [-0.4, -0.2) is 21.8 Å². The Bertz CT molecular complexity index is 1290. The first kappa shape index (κ1) is 21.2. The van der Waals surface area contributed by atoms with Crippen molar-refractivity contribution >= 4 is 23.0 Å². The van der Waals surface area contributed by atoms with Gasteiger partial charge in [0.25, 0.3) is 0 Å². The molecule has 1 fully saturated rings. The second-order valence-electron chi connectivity index (χ2n) is 8.20. The number of para-hydroxylation sites is 1. The molecule has 2 atom stereocenters. The van der Waals surface area contributed by atoms with E-state index in [9.17, 15) is 0 Å². The highest BCUT2D eigenvalue weighted by Crippen LogP contribution is 2.43. The van der Waals surface area contributed by atoms with Gasteiger partial charge >= 0.3 is 0 Å². The van der Waals surface area contributed by atoms with Crippen molar-refractivity contribution in [1.29, 1.82) is 0 Å². The van der Waals surface area contributed by atoms with Crippen molar-refractivity contribution in [1.82, 2.24) is 14.9 Å². The first-order valence-corrected chi connectivity index (χ1v) is 11.4. The fourth-order valence-corrected chi connectivity index (χ4v) is 5.12. The van der Waals surface area contributed by atoms with Crippen LogP contribution in [0.4, 0.5) is 5.69 Å². The van der Waals surface area contributed by atoms with E-state index >= 15 is 0 Å². The Morgan fingerprint density at radius 3 is 2.39 bits per heavy atom. The molecule has 2 aromatic carbocycles. The Labute approximate surface area is 199 Å². The van der Waals surface area contributed by atoms with E-state index in [1.165, 1.54) is 11.3 Å². The predicted molar refractivity (Wildman–Crippen MR) is 136 cm³/mol. The molecule has 1 saturated heterocycles. The van der Waals surface area contributed by atoms with Gasteiger partial charge in [0, 0.05) is 35.0 Å². The zero-order valence-corrected chi connectivity index (χ0v) is 19.7. The number of nitrogens with one attached hydrogen (secondary N) is 1. The second kappa shape index (κ2) is 8.71. The number of benzene rings is 2. The summed E-state index contributed by atoms with van der Waals surface area (Å²) in [6.45, 7) is 4.31. The third kappa shape index (κ3) is 3.76. The third-order valence-electron chi connectivity index (χ3n) is 6.23. The van der Waals surface area contributed by atoms with Gasteiger partial charge in [0.2, 0.25) is 0 Å². The number of rotatable bonds is 5. The van der Waals surface area contributed by atoms with Crippen LogP contribution in [0.1, 0.15) is 34.7 Å². The summed E-state index contributed by atoms with van der Waals surface area (Å²) >= 11 is 5.85. The number of hydrogen-bond donors (Lipinski definition) is 1. The zero-order valence-electron chi connectivity index (χ0n) is 18.9. The van der Waals surface area contributed by atoms with Gasteiger partial charge in [-0.3, -0.25) is 4.98 Å². The average Bonchev–Trinajstić information content (AvgIpc) is 3.35. The molecule has 1 N–H and O–H groups in total. The van der Waals surface area contributed by atoms with Gasteiger partial charge in [0.05, 0.1) is 24.9 Å². The van der Waals surface area contributed by atoms with E-state index in [0.717, 1.165) is 28.5 Å². The van der Waals surface area contributed by atoms with Crippen molar-refractivity contribution in [2.75, 3.05) is 12.0 Å². The number of anilines is 1. The van der Waals surface area contributed by atoms with Crippen LogP contribution >= 0.6 is 12.2 Å². The molecule has 166 valence electrons. The molecule has 0 radical (unpaired) electrons. The van der Waals surface area contributed by atoms with Crippen LogP contribution in [0, 0.1) is 13.8 Å². The van der Waals surface area contributed by atoms with E-state index in [2.05, 4.69) is 70.0 Å². The number of thiocarbonyl (C=S) groups is 1. The molecule has 2 aromatic heterocycles. The molecule has 5 rings (SSSR count). The first-order valence-electron chi connectivity index (χ1n) is 11.0. The Hall–Kier alpha value is -3.64. The maximum Gasteiger partial charge on any atom is 0.174 e. The Balaban J connectivity index is 1.67. The normalized spacial score (nSPS) is 17.8. The Morgan fingerprint density at radius 2 is 1.67 bits per heavy atom. The largest absolute Gasteiger partial charge is 0.497 e. The van der Waals surface area contributed by atoms with Crippen LogP contribution in [0.25, 0.3) is 5.69 Å². The minimum Gasteiger partial charge on any atom is -0.497 e. The lowest BCUT2D eigenvalue weighted by atomic mass is 9.96. The van der Waals surface area contributed by atoms with Gasteiger partial charge in [0.1, 0.15) is 5.75 Å². The molecule has 33 heavy (non-hydrogen) atoms. The molecule has 0 saturated carbocycles. The maximum atomic E-state index is 5.85. The lowest BCUT2D eigenvalue weighted by Crippen LogP contribution is -2.29. The van der Waals surface area contributed by atoms with Gasteiger partial charge in [-0.25, -0.2) is 0 Å². The molecule has 1 aliphatic rings. The van der Waals surface area contributed by atoms with Crippen LogP contribution < -0.4 is 15.0 Å². The van der Waals surface area contributed by atoms with E-state index in [1.807, 2.05) is 48.7 Å². The number of hydrogen-bond acceptors (Lipinski definition) is 3. The van der Waals surface area contributed by atoms with Crippen molar-refractivity contribution in [3.05, 3.63) is 108 Å². The zero-order chi connectivity index (χ0) is 22.9. The average molecular weight is 455 g/mol. The molecule has 0 amide bonds. The highest BCUT2D eigenvalue weighted by atomic mass is 32.1. The second-order valence-corrected chi connectivity index (χ2v) is 8.58. The lowest BCUT2D eigenvalue weighted by molar-refractivity contribution is 0.414. The first-order chi connectivity index (χ1) is 16.1. The fraction of sp³-hybridized carbons (Fsp3) is 0.185. The predicted octanol–water partition coefficient (Wildman–Crippen LogP) is 5.67. The lowest BCUT2D eigenvalue weighted by Gasteiger charge is -2.28. The molecule has 0 spiro atoms. The minimum atomic E-state index is -0.0711. The number of pyridine rings is 1. The number of aromatic nitrogens is 2.